The lowest BCUT2D eigenvalue weighted by molar-refractivity contribution is 0.105. The third-order valence-corrected chi connectivity index (χ3v) is 9.98. The van der Waals surface area contributed by atoms with Crippen LogP contribution in [0.15, 0.2) is 121 Å². The van der Waals surface area contributed by atoms with E-state index in [9.17, 15) is 0 Å². The smallest absolute Gasteiger partial charge is 0.380 e. The second-order valence-electron chi connectivity index (χ2n) is 12.2. The molecule has 4 heterocycles. The molecule has 0 N–H and O–H groups in total. The lowest BCUT2D eigenvalue weighted by atomic mass is 9.79. The molecule has 0 amide bonds. The monoisotopic (exact) mass is 554 g/mol. The van der Waals surface area contributed by atoms with Crippen molar-refractivity contribution in [1.82, 2.24) is 9.62 Å². The Morgan fingerprint density at radius 1 is 0.500 bits per heavy atom. The molecule has 0 spiro atoms. The fourth-order valence-corrected chi connectivity index (χ4v) is 8.27. The molecule has 42 heavy (non-hydrogen) atoms. The van der Waals surface area contributed by atoms with E-state index >= 15 is 0 Å². The Labute approximate surface area is 251 Å². The molecule has 4 nitrogen and oxygen atoms in total. The first kappa shape index (κ1) is 27.7. The summed E-state index contributed by atoms with van der Waals surface area (Å²) in [5.41, 5.74) is 4.46. The van der Waals surface area contributed by atoms with Crippen LogP contribution >= 0.6 is 0 Å². The van der Waals surface area contributed by atoms with Crippen molar-refractivity contribution >= 4 is 14.1 Å². The summed E-state index contributed by atoms with van der Waals surface area (Å²) < 4.78 is 13.2. The molecule has 2 atom stereocenters. The largest absolute Gasteiger partial charge is 0.406 e. The Hall–Kier alpha value is -3.15. The molecule has 1 unspecified atom stereocenters. The molecule has 4 aromatic carbocycles. The van der Waals surface area contributed by atoms with Gasteiger partial charge in [0, 0.05) is 12.1 Å². The summed E-state index contributed by atoms with van der Waals surface area (Å²) in [4.78, 5) is 5.06. The number of nitrogens with zero attached hydrogens (tertiary/aromatic N) is 2. The van der Waals surface area contributed by atoms with Crippen LogP contribution in [0.25, 0.3) is 0 Å². The van der Waals surface area contributed by atoms with Gasteiger partial charge in [-0.15, -0.1) is 0 Å². The molecule has 6 heteroatoms. The molecule has 8 rings (SSSR count). The van der Waals surface area contributed by atoms with Gasteiger partial charge in [-0.05, 0) is 74.7 Å². The normalized spacial score (nSPS) is 24.2. The summed E-state index contributed by atoms with van der Waals surface area (Å²) in [6, 6.07) is 43.8. The van der Waals surface area contributed by atoms with Gasteiger partial charge in [0.2, 0.25) is 0 Å². The molecular weight excluding hydrogens is 514 g/mol. The average Bonchev–Trinajstić information content (AvgIpc) is 3.84. The van der Waals surface area contributed by atoms with E-state index in [1.54, 1.807) is 0 Å². The number of hydrogen-bond acceptors (Lipinski definition) is 4. The third kappa shape index (κ3) is 4.48. The highest BCUT2D eigenvalue weighted by Crippen LogP contribution is 2.50. The van der Waals surface area contributed by atoms with Crippen LogP contribution in [-0.2, 0) is 20.5 Å². The van der Waals surface area contributed by atoms with Gasteiger partial charge < -0.3 is 18.9 Å². The van der Waals surface area contributed by atoms with Crippen molar-refractivity contribution < 1.29 is 9.31 Å². The molecule has 0 aromatic heterocycles. The molecule has 0 saturated carbocycles. The van der Waals surface area contributed by atoms with Crippen molar-refractivity contribution in [1.29, 1.82) is 0 Å². The Bertz CT molecular complexity index is 1270. The lowest BCUT2D eigenvalue weighted by Crippen LogP contribution is -2.41. The van der Waals surface area contributed by atoms with Gasteiger partial charge in [0.05, 0.1) is 0 Å². The summed E-state index contributed by atoms with van der Waals surface area (Å²) in [7, 11) is 0.357. The summed E-state index contributed by atoms with van der Waals surface area (Å²) in [6.07, 6.45) is 4.93. The van der Waals surface area contributed by atoms with E-state index in [4.69, 9.17) is 9.31 Å². The lowest BCUT2D eigenvalue weighted by Gasteiger charge is -2.36. The fraction of sp³-hybridized carbons (Fsp3) is 0.333. The van der Waals surface area contributed by atoms with Crippen LogP contribution in [0, 0.1) is 0 Å². The van der Waals surface area contributed by atoms with Crippen LogP contribution in [0.2, 0.25) is 13.6 Å². The van der Waals surface area contributed by atoms with E-state index in [0.717, 1.165) is 13.1 Å². The van der Waals surface area contributed by atoms with Crippen molar-refractivity contribution in [3.8, 4) is 0 Å². The number of rotatable bonds is 4. The van der Waals surface area contributed by atoms with Crippen LogP contribution in [0.3, 0.4) is 0 Å². The van der Waals surface area contributed by atoms with Crippen molar-refractivity contribution in [3.63, 3.8) is 0 Å². The standard InChI is InChI=1S/2C18H20BNO/c2*1-19-20-14-8-13-17(20)18(21-19,15-9-4-2-5-10-15)16-11-6-3-7-12-16/h2*2-7,9-12,17H,8,13-14H2,1H3/t17-;/m0./s1. The molecule has 4 aliphatic heterocycles. The van der Waals surface area contributed by atoms with Gasteiger partial charge in [-0.1, -0.05) is 121 Å². The average molecular weight is 554 g/mol. The van der Waals surface area contributed by atoms with Crippen molar-refractivity contribution in [2.24, 2.45) is 0 Å². The summed E-state index contributed by atoms with van der Waals surface area (Å²) in [6.45, 7) is 6.67. The molecule has 0 aliphatic carbocycles. The minimum absolute atomic E-state index is 0.179. The molecule has 212 valence electrons. The van der Waals surface area contributed by atoms with Gasteiger partial charge in [0.25, 0.3) is 0 Å². The summed E-state index contributed by atoms with van der Waals surface area (Å²) >= 11 is 0. The number of fused-ring (bicyclic) bond motifs is 2. The van der Waals surface area contributed by atoms with Gasteiger partial charge in [0.15, 0.2) is 0 Å². The predicted octanol–water partition coefficient (Wildman–Crippen LogP) is 7.09. The zero-order valence-electron chi connectivity index (χ0n) is 24.8. The van der Waals surface area contributed by atoms with Crippen LogP contribution in [0.4, 0.5) is 0 Å². The van der Waals surface area contributed by atoms with E-state index in [1.807, 2.05) is 0 Å². The van der Waals surface area contributed by atoms with Crippen LogP contribution < -0.4 is 0 Å². The van der Waals surface area contributed by atoms with Crippen LogP contribution in [0.1, 0.15) is 47.9 Å². The third-order valence-electron chi connectivity index (χ3n) is 9.98. The highest BCUT2D eigenvalue weighted by Gasteiger charge is 2.57. The molecule has 4 aliphatic rings. The SMILES string of the molecule is CB1OC(c2ccccc2)(c2ccccc2)C2CCCN12.CB1OC(c2ccccc2)(c2ccccc2)[C@@H]2CCCN12. The van der Waals surface area contributed by atoms with Gasteiger partial charge in [-0.2, -0.15) is 0 Å². The van der Waals surface area contributed by atoms with Gasteiger partial charge >= 0.3 is 14.1 Å². The van der Waals surface area contributed by atoms with E-state index in [2.05, 4.69) is 145 Å². The molecule has 0 bridgehead atoms. The number of benzene rings is 4. The Balaban J connectivity index is 0.000000137. The zero-order valence-corrected chi connectivity index (χ0v) is 24.8. The molecule has 0 radical (unpaired) electrons. The first-order chi connectivity index (χ1) is 20.6. The fourth-order valence-electron chi connectivity index (χ4n) is 8.27. The maximum Gasteiger partial charge on any atom is 0.380 e. The maximum absolute atomic E-state index is 6.61. The van der Waals surface area contributed by atoms with E-state index < -0.39 is 0 Å². The van der Waals surface area contributed by atoms with E-state index in [1.165, 1.54) is 47.9 Å². The Morgan fingerprint density at radius 3 is 1.07 bits per heavy atom. The Morgan fingerprint density at radius 2 is 0.786 bits per heavy atom. The van der Waals surface area contributed by atoms with Gasteiger partial charge in [-0.25, -0.2) is 0 Å². The van der Waals surface area contributed by atoms with Crippen LogP contribution in [-0.4, -0.2) is 48.9 Å². The van der Waals surface area contributed by atoms with Crippen molar-refractivity contribution in [2.75, 3.05) is 13.1 Å². The topological polar surface area (TPSA) is 24.9 Å². The van der Waals surface area contributed by atoms with Gasteiger partial charge in [-0.3, -0.25) is 0 Å². The highest BCUT2D eigenvalue weighted by molar-refractivity contribution is 6.48. The Kier molecular flexibility index (Phi) is 7.58. The van der Waals surface area contributed by atoms with Gasteiger partial charge in [0.1, 0.15) is 11.2 Å². The molecule has 4 fully saturated rings. The maximum atomic E-state index is 6.61. The van der Waals surface area contributed by atoms with Crippen LogP contribution in [0.5, 0.6) is 0 Å². The zero-order chi connectivity index (χ0) is 28.6. The van der Waals surface area contributed by atoms with Crippen molar-refractivity contribution in [2.45, 2.75) is 62.6 Å². The van der Waals surface area contributed by atoms with E-state index in [0.29, 0.717) is 12.1 Å². The second kappa shape index (κ2) is 11.5. The molecule has 4 aromatic rings. The molecule has 4 saturated heterocycles. The first-order valence-corrected chi connectivity index (χ1v) is 15.7. The predicted molar refractivity (Wildman–Crippen MR) is 172 cm³/mol. The summed E-state index contributed by atoms with van der Waals surface area (Å²) in [5.74, 6) is 0. The highest BCUT2D eigenvalue weighted by atomic mass is 16.5. The quantitative estimate of drug-likeness (QED) is 0.252. The molecular formula is C36H40B2N2O2. The number of hydrogen-bond donors (Lipinski definition) is 0. The summed E-state index contributed by atoms with van der Waals surface area (Å²) in [5, 5.41) is 0. The van der Waals surface area contributed by atoms with Crippen molar-refractivity contribution in [3.05, 3.63) is 144 Å². The van der Waals surface area contributed by atoms with E-state index in [-0.39, 0.29) is 25.3 Å². The first-order valence-electron chi connectivity index (χ1n) is 15.7. The minimum atomic E-state index is -0.321. The minimum Gasteiger partial charge on any atom is -0.406 e. The second-order valence-corrected chi connectivity index (χ2v) is 12.2.